The Morgan fingerprint density at radius 3 is 2.81 bits per heavy atom. The van der Waals surface area contributed by atoms with Gasteiger partial charge in [0.15, 0.2) is 5.13 Å². The molecule has 0 unspecified atom stereocenters. The number of carbonyl (C=O) groups is 1. The molecule has 5 nitrogen and oxygen atoms in total. The van der Waals surface area contributed by atoms with E-state index in [-0.39, 0.29) is 5.91 Å². The minimum Gasteiger partial charge on any atom is -0.337 e. The van der Waals surface area contributed by atoms with Gasteiger partial charge in [-0.2, -0.15) is 0 Å². The zero-order valence-electron chi connectivity index (χ0n) is 15.1. The van der Waals surface area contributed by atoms with Crippen LogP contribution in [0.1, 0.15) is 22.3 Å². The maximum atomic E-state index is 13.2. The number of nitrogens with zero attached hydrogens (tertiary/aromatic N) is 4. The summed E-state index contributed by atoms with van der Waals surface area (Å²) < 4.78 is 3.12. The van der Waals surface area contributed by atoms with Gasteiger partial charge in [-0.3, -0.25) is 9.69 Å². The molecule has 0 aliphatic heterocycles. The van der Waals surface area contributed by atoms with Gasteiger partial charge in [-0.25, -0.2) is 9.97 Å². The molecule has 0 N–H and O–H groups in total. The third-order valence-electron chi connectivity index (χ3n) is 4.39. The predicted molar refractivity (Wildman–Crippen MR) is 109 cm³/mol. The molecule has 0 aliphatic rings. The summed E-state index contributed by atoms with van der Waals surface area (Å²) >= 11 is 1.57. The molecule has 0 bridgehead atoms. The van der Waals surface area contributed by atoms with Gasteiger partial charge in [-0.05, 0) is 43.2 Å². The molecule has 0 spiro atoms. The molecule has 0 saturated carbocycles. The largest absolute Gasteiger partial charge is 0.337 e. The number of imidazole rings is 1. The van der Waals surface area contributed by atoms with E-state index in [4.69, 9.17) is 4.98 Å². The highest BCUT2D eigenvalue weighted by Crippen LogP contribution is 2.30. The number of anilines is 1. The molecular formula is C21H20N4OS. The summed E-state index contributed by atoms with van der Waals surface area (Å²) in [6, 6.07) is 15.6. The Morgan fingerprint density at radius 2 is 2.04 bits per heavy atom. The number of aromatic nitrogens is 3. The van der Waals surface area contributed by atoms with Gasteiger partial charge >= 0.3 is 0 Å². The first-order valence-corrected chi connectivity index (χ1v) is 9.72. The van der Waals surface area contributed by atoms with Crippen LogP contribution in [-0.2, 0) is 6.54 Å². The van der Waals surface area contributed by atoms with Crippen LogP contribution in [0.25, 0.3) is 10.2 Å². The maximum absolute atomic E-state index is 13.2. The van der Waals surface area contributed by atoms with Gasteiger partial charge in [0, 0.05) is 31.0 Å². The maximum Gasteiger partial charge on any atom is 0.260 e. The molecule has 0 fully saturated rings. The van der Waals surface area contributed by atoms with E-state index in [1.165, 1.54) is 5.56 Å². The van der Waals surface area contributed by atoms with E-state index in [9.17, 15) is 4.79 Å². The Labute approximate surface area is 161 Å². The van der Waals surface area contributed by atoms with Crippen molar-refractivity contribution in [2.75, 3.05) is 11.4 Å². The number of fused-ring (bicyclic) bond motifs is 1. The average Bonchev–Trinajstić information content (AvgIpc) is 3.34. The van der Waals surface area contributed by atoms with E-state index < -0.39 is 0 Å². The monoisotopic (exact) mass is 376 g/mol. The van der Waals surface area contributed by atoms with Crippen molar-refractivity contribution >= 4 is 32.6 Å². The molecule has 2 aromatic heterocycles. The molecule has 2 aromatic carbocycles. The standard InChI is InChI=1S/C21H20N4OS/c1-16-8-9-18-19(14-16)27-21(23-18)25(12-5-11-24-13-10-22-15-24)20(26)17-6-3-2-4-7-17/h2-4,6-10,13-15H,5,11-12H2,1H3. The number of hydrogen-bond donors (Lipinski definition) is 0. The van der Waals surface area contributed by atoms with Crippen LogP contribution in [0.2, 0.25) is 0 Å². The first kappa shape index (κ1) is 17.4. The summed E-state index contributed by atoms with van der Waals surface area (Å²) in [6.07, 6.45) is 6.32. The Balaban J connectivity index is 1.62. The van der Waals surface area contributed by atoms with E-state index in [2.05, 4.69) is 18.0 Å². The van der Waals surface area contributed by atoms with Crippen molar-refractivity contribution < 1.29 is 4.79 Å². The van der Waals surface area contributed by atoms with Crippen LogP contribution in [0.4, 0.5) is 5.13 Å². The number of rotatable bonds is 6. The lowest BCUT2D eigenvalue weighted by Crippen LogP contribution is -2.32. The molecule has 1 amide bonds. The number of benzene rings is 2. The summed E-state index contributed by atoms with van der Waals surface area (Å²) in [6.45, 7) is 3.48. The van der Waals surface area contributed by atoms with Gasteiger partial charge in [0.2, 0.25) is 0 Å². The molecule has 27 heavy (non-hydrogen) atoms. The predicted octanol–water partition coefficient (Wildman–Crippen LogP) is 4.54. The van der Waals surface area contributed by atoms with Crippen molar-refractivity contribution in [1.82, 2.24) is 14.5 Å². The average molecular weight is 376 g/mol. The summed E-state index contributed by atoms with van der Waals surface area (Å²) in [5.74, 6) is -0.0167. The molecule has 0 saturated heterocycles. The zero-order chi connectivity index (χ0) is 18.6. The third-order valence-corrected chi connectivity index (χ3v) is 5.43. The van der Waals surface area contributed by atoms with Gasteiger partial charge in [0.25, 0.3) is 5.91 Å². The van der Waals surface area contributed by atoms with E-state index >= 15 is 0 Å². The first-order chi connectivity index (χ1) is 13.2. The van der Waals surface area contributed by atoms with Gasteiger partial charge in [-0.1, -0.05) is 35.6 Å². The number of hydrogen-bond acceptors (Lipinski definition) is 4. The number of thiazole rings is 1. The second-order valence-electron chi connectivity index (χ2n) is 6.44. The molecule has 2 heterocycles. The molecule has 0 atom stereocenters. The molecule has 6 heteroatoms. The number of aryl methyl sites for hydroxylation is 2. The first-order valence-electron chi connectivity index (χ1n) is 8.90. The topological polar surface area (TPSA) is 51.0 Å². The number of carbonyl (C=O) groups excluding carboxylic acids is 1. The van der Waals surface area contributed by atoms with Crippen molar-refractivity contribution in [2.24, 2.45) is 0 Å². The molecule has 0 aliphatic carbocycles. The minimum absolute atomic E-state index is 0.0167. The summed E-state index contributed by atoms with van der Waals surface area (Å²) in [5, 5.41) is 0.745. The molecule has 4 aromatic rings. The minimum atomic E-state index is -0.0167. The Morgan fingerprint density at radius 1 is 1.19 bits per heavy atom. The lowest BCUT2D eigenvalue weighted by Gasteiger charge is -2.20. The highest BCUT2D eigenvalue weighted by molar-refractivity contribution is 7.22. The Hall–Kier alpha value is -2.99. The van der Waals surface area contributed by atoms with Crippen LogP contribution in [0, 0.1) is 6.92 Å². The SMILES string of the molecule is Cc1ccc2nc(N(CCCn3ccnc3)C(=O)c3ccccc3)sc2c1. The van der Waals surface area contributed by atoms with Gasteiger partial charge in [-0.15, -0.1) is 0 Å². The van der Waals surface area contributed by atoms with E-state index in [0.717, 1.165) is 28.3 Å². The number of amides is 1. The van der Waals surface area contributed by atoms with Crippen molar-refractivity contribution in [3.8, 4) is 0 Å². The Kier molecular flexibility index (Phi) is 4.98. The second kappa shape index (κ2) is 7.72. The quantitative estimate of drug-likeness (QED) is 0.496. The van der Waals surface area contributed by atoms with Crippen LogP contribution < -0.4 is 4.90 Å². The van der Waals surface area contributed by atoms with Gasteiger partial charge < -0.3 is 4.57 Å². The lowest BCUT2D eigenvalue weighted by atomic mass is 10.2. The van der Waals surface area contributed by atoms with Crippen molar-refractivity contribution in [3.63, 3.8) is 0 Å². The van der Waals surface area contributed by atoms with Crippen LogP contribution in [0.3, 0.4) is 0 Å². The molecule has 0 radical (unpaired) electrons. The molecular weight excluding hydrogens is 356 g/mol. The Bertz CT molecular complexity index is 1040. The normalized spacial score (nSPS) is 11.0. The summed E-state index contributed by atoms with van der Waals surface area (Å²) in [7, 11) is 0. The highest BCUT2D eigenvalue weighted by atomic mass is 32.1. The fourth-order valence-corrected chi connectivity index (χ4v) is 4.07. The smallest absolute Gasteiger partial charge is 0.260 e. The lowest BCUT2D eigenvalue weighted by molar-refractivity contribution is 0.0986. The second-order valence-corrected chi connectivity index (χ2v) is 7.45. The highest BCUT2D eigenvalue weighted by Gasteiger charge is 2.21. The molecule has 136 valence electrons. The zero-order valence-corrected chi connectivity index (χ0v) is 15.9. The van der Waals surface area contributed by atoms with E-state index in [0.29, 0.717) is 12.1 Å². The molecule has 4 rings (SSSR count). The van der Waals surface area contributed by atoms with Crippen molar-refractivity contribution in [1.29, 1.82) is 0 Å². The summed E-state index contributed by atoms with van der Waals surface area (Å²) in [4.78, 5) is 23.7. The van der Waals surface area contributed by atoms with E-state index in [1.807, 2.05) is 53.2 Å². The van der Waals surface area contributed by atoms with Gasteiger partial charge in [0.1, 0.15) is 0 Å². The van der Waals surface area contributed by atoms with Crippen molar-refractivity contribution in [2.45, 2.75) is 19.9 Å². The van der Waals surface area contributed by atoms with Crippen LogP contribution in [0.5, 0.6) is 0 Å². The summed E-state index contributed by atoms with van der Waals surface area (Å²) in [5.41, 5.74) is 2.80. The van der Waals surface area contributed by atoms with Crippen LogP contribution in [0.15, 0.2) is 67.3 Å². The fourth-order valence-electron chi connectivity index (χ4n) is 2.99. The fraction of sp³-hybridized carbons (Fsp3) is 0.190. The van der Waals surface area contributed by atoms with Crippen LogP contribution in [-0.4, -0.2) is 27.0 Å². The van der Waals surface area contributed by atoms with E-state index in [1.54, 1.807) is 28.8 Å². The van der Waals surface area contributed by atoms with Crippen molar-refractivity contribution in [3.05, 3.63) is 78.4 Å². The third kappa shape index (κ3) is 3.90. The van der Waals surface area contributed by atoms with Crippen LogP contribution >= 0.6 is 11.3 Å². The van der Waals surface area contributed by atoms with Gasteiger partial charge in [0.05, 0.1) is 16.5 Å².